The van der Waals surface area contributed by atoms with Crippen LogP contribution in [0.15, 0.2) is 42.6 Å². The lowest BCUT2D eigenvalue weighted by atomic mass is 10.2. The molecular weight excluding hydrogens is 218 g/mol. The van der Waals surface area contributed by atoms with Crippen LogP contribution in [0.4, 0.5) is 5.69 Å². The van der Waals surface area contributed by atoms with E-state index >= 15 is 0 Å². The van der Waals surface area contributed by atoms with Crippen molar-refractivity contribution in [2.75, 3.05) is 5.73 Å². The van der Waals surface area contributed by atoms with Gasteiger partial charge in [-0.2, -0.15) is 0 Å². The number of hydrogen-bond acceptors (Lipinski definition) is 4. The van der Waals surface area contributed by atoms with Crippen LogP contribution >= 0.6 is 0 Å². The first kappa shape index (κ1) is 10.9. The van der Waals surface area contributed by atoms with Gasteiger partial charge in [0.05, 0.1) is 17.4 Å². The van der Waals surface area contributed by atoms with Crippen LogP contribution in [0.2, 0.25) is 0 Å². The third-order valence-electron chi connectivity index (χ3n) is 2.13. The molecule has 0 atom stereocenters. The van der Waals surface area contributed by atoms with Crippen LogP contribution in [0, 0.1) is 0 Å². The quantitative estimate of drug-likeness (QED) is 0.835. The molecule has 17 heavy (non-hydrogen) atoms. The van der Waals surface area contributed by atoms with Crippen molar-refractivity contribution in [3.05, 3.63) is 48.2 Å². The SMILES string of the molecule is NC(=O)c1ccccc1Oc1ccc(N)cn1. The van der Waals surface area contributed by atoms with E-state index in [-0.39, 0.29) is 0 Å². The predicted molar refractivity (Wildman–Crippen MR) is 63.7 cm³/mol. The number of benzene rings is 1. The molecule has 86 valence electrons. The molecule has 1 heterocycles. The van der Waals surface area contributed by atoms with E-state index in [1.54, 1.807) is 36.4 Å². The molecule has 0 radical (unpaired) electrons. The molecule has 0 saturated carbocycles. The van der Waals surface area contributed by atoms with E-state index in [4.69, 9.17) is 16.2 Å². The van der Waals surface area contributed by atoms with Crippen LogP contribution in [-0.4, -0.2) is 10.9 Å². The zero-order valence-electron chi connectivity index (χ0n) is 8.96. The molecule has 2 rings (SSSR count). The van der Waals surface area contributed by atoms with E-state index in [0.29, 0.717) is 22.9 Å². The normalized spacial score (nSPS) is 9.88. The Morgan fingerprint density at radius 3 is 2.59 bits per heavy atom. The molecule has 0 aliphatic rings. The number of primary amides is 1. The predicted octanol–water partition coefficient (Wildman–Crippen LogP) is 1.55. The molecule has 5 heteroatoms. The van der Waals surface area contributed by atoms with Gasteiger partial charge in [-0.1, -0.05) is 12.1 Å². The van der Waals surface area contributed by atoms with E-state index in [2.05, 4.69) is 4.98 Å². The molecule has 4 N–H and O–H groups in total. The topological polar surface area (TPSA) is 91.2 Å². The number of para-hydroxylation sites is 1. The number of aromatic nitrogens is 1. The van der Waals surface area contributed by atoms with Gasteiger partial charge < -0.3 is 16.2 Å². The fraction of sp³-hybridized carbons (Fsp3) is 0. The highest BCUT2D eigenvalue weighted by molar-refractivity contribution is 5.95. The lowest BCUT2D eigenvalue weighted by Gasteiger charge is -2.07. The first-order chi connectivity index (χ1) is 8.16. The second-order valence-corrected chi connectivity index (χ2v) is 3.39. The molecule has 5 nitrogen and oxygen atoms in total. The second kappa shape index (κ2) is 4.52. The van der Waals surface area contributed by atoms with Gasteiger partial charge in [0.25, 0.3) is 5.91 Å². The van der Waals surface area contributed by atoms with Crippen molar-refractivity contribution in [1.29, 1.82) is 0 Å². The molecule has 0 aliphatic heterocycles. The zero-order chi connectivity index (χ0) is 12.3. The standard InChI is InChI=1S/C12H11N3O2/c13-8-5-6-11(15-7-8)17-10-4-2-1-3-9(10)12(14)16/h1-7H,13H2,(H2,14,16). The molecule has 1 aromatic heterocycles. The molecule has 0 unspecified atom stereocenters. The third kappa shape index (κ3) is 2.52. The van der Waals surface area contributed by atoms with Gasteiger partial charge in [0.2, 0.25) is 5.88 Å². The fourth-order valence-electron chi connectivity index (χ4n) is 1.32. The van der Waals surface area contributed by atoms with E-state index in [1.165, 1.54) is 6.20 Å². The summed E-state index contributed by atoms with van der Waals surface area (Å²) in [4.78, 5) is 15.1. The number of hydrogen-bond donors (Lipinski definition) is 2. The van der Waals surface area contributed by atoms with E-state index in [9.17, 15) is 4.79 Å². The average Bonchev–Trinajstić information content (AvgIpc) is 2.32. The smallest absolute Gasteiger partial charge is 0.252 e. The minimum absolute atomic E-state index is 0.311. The van der Waals surface area contributed by atoms with Gasteiger partial charge in [0.1, 0.15) is 5.75 Å². The Bertz CT molecular complexity index is 538. The number of nitrogen functional groups attached to an aromatic ring is 1. The fourth-order valence-corrected chi connectivity index (χ4v) is 1.32. The van der Waals surface area contributed by atoms with Gasteiger partial charge in [0, 0.05) is 6.07 Å². The maximum absolute atomic E-state index is 11.2. The average molecular weight is 229 g/mol. The highest BCUT2D eigenvalue weighted by Gasteiger charge is 2.09. The van der Waals surface area contributed by atoms with Crippen LogP contribution in [0.1, 0.15) is 10.4 Å². The van der Waals surface area contributed by atoms with Gasteiger partial charge in [-0.05, 0) is 18.2 Å². The maximum Gasteiger partial charge on any atom is 0.252 e. The van der Waals surface area contributed by atoms with Crippen LogP contribution in [0.3, 0.4) is 0 Å². The molecular formula is C12H11N3O2. The molecule has 0 aliphatic carbocycles. The van der Waals surface area contributed by atoms with Gasteiger partial charge in [-0.3, -0.25) is 4.79 Å². The molecule has 0 bridgehead atoms. The van der Waals surface area contributed by atoms with Crippen LogP contribution in [-0.2, 0) is 0 Å². The number of nitrogens with zero attached hydrogens (tertiary/aromatic N) is 1. The summed E-state index contributed by atoms with van der Waals surface area (Å²) in [6.07, 6.45) is 1.47. The molecule has 0 saturated heterocycles. The summed E-state index contributed by atoms with van der Waals surface area (Å²) in [5, 5.41) is 0. The lowest BCUT2D eigenvalue weighted by Crippen LogP contribution is -2.12. The molecule has 2 aromatic rings. The van der Waals surface area contributed by atoms with Crippen molar-refractivity contribution in [3.8, 4) is 11.6 Å². The summed E-state index contributed by atoms with van der Waals surface area (Å²) in [7, 11) is 0. The van der Waals surface area contributed by atoms with E-state index in [1.807, 2.05) is 0 Å². The number of anilines is 1. The summed E-state index contributed by atoms with van der Waals surface area (Å²) >= 11 is 0. The Morgan fingerprint density at radius 1 is 1.18 bits per heavy atom. The van der Waals surface area contributed by atoms with Crippen molar-refractivity contribution < 1.29 is 9.53 Å². The molecule has 1 aromatic carbocycles. The van der Waals surface area contributed by atoms with E-state index < -0.39 is 5.91 Å². The number of ether oxygens (including phenoxy) is 1. The van der Waals surface area contributed by atoms with Gasteiger partial charge in [-0.25, -0.2) is 4.98 Å². The zero-order valence-corrected chi connectivity index (χ0v) is 8.96. The minimum atomic E-state index is -0.545. The van der Waals surface area contributed by atoms with Crippen molar-refractivity contribution in [2.24, 2.45) is 5.73 Å². The van der Waals surface area contributed by atoms with Gasteiger partial charge in [-0.15, -0.1) is 0 Å². The summed E-state index contributed by atoms with van der Waals surface area (Å²) in [6.45, 7) is 0. The minimum Gasteiger partial charge on any atom is -0.438 e. The second-order valence-electron chi connectivity index (χ2n) is 3.39. The number of pyridine rings is 1. The van der Waals surface area contributed by atoms with Crippen LogP contribution in [0.25, 0.3) is 0 Å². The van der Waals surface area contributed by atoms with Crippen LogP contribution in [0.5, 0.6) is 11.6 Å². The Labute approximate surface area is 98.0 Å². The Hall–Kier alpha value is -2.56. The van der Waals surface area contributed by atoms with Crippen LogP contribution < -0.4 is 16.2 Å². The number of carbonyl (C=O) groups is 1. The summed E-state index contributed by atoms with van der Waals surface area (Å²) < 4.78 is 5.46. The summed E-state index contributed by atoms with van der Waals surface area (Å²) in [5.41, 5.74) is 11.6. The van der Waals surface area contributed by atoms with Gasteiger partial charge >= 0.3 is 0 Å². The van der Waals surface area contributed by atoms with E-state index in [0.717, 1.165) is 0 Å². The number of nitrogens with two attached hydrogens (primary N) is 2. The highest BCUT2D eigenvalue weighted by atomic mass is 16.5. The first-order valence-electron chi connectivity index (χ1n) is 4.95. The molecule has 1 amide bonds. The summed E-state index contributed by atoms with van der Waals surface area (Å²) in [5.74, 6) is 0.182. The van der Waals surface area contributed by atoms with Crippen molar-refractivity contribution in [2.45, 2.75) is 0 Å². The van der Waals surface area contributed by atoms with Crippen molar-refractivity contribution in [1.82, 2.24) is 4.98 Å². The lowest BCUT2D eigenvalue weighted by molar-refractivity contribution is 0.0998. The molecule has 0 fully saturated rings. The number of rotatable bonds is 3. The number of carbonyl (C=O) groups excluding carboxylic acids is 1. The molecule has 0 spiro atoms. The van der Waals surface area contributed by atoms with Crippen molar-refractivity contribution >= 4 is 11.6 Å². The largest absolute Gasteiger partial charge is 0.438 e. The Morgan fingerprint density at radius 2 is 1.94 bits per heavy atom. The van der Waals surface area contributed by atoms with Crippen molar-refractivity contribution in [3.63, 3.8) is 0 Å². The third-order valence-corrected chi connectivity index (χ3v) is 2.13. The maximum atomic E-state index is 11.2. The Kier molecular flexibility index (Phi) is 2.91. The first-order valence-corrected chi connectivity index (χ1v) is 4.95. The van der Waals surface area contributed by atoms with Gasteiger partial charge in [0.15, 0.2) is 0 Å². The number of amides is 1. The Balaban J connectivity index is 2.30. The monoisotopic (exact) mass is 229 g/mol. The summed E-state index contributed by atoms with van der Waals surface area (Å²) in [6, 6.07) is 9.98. The highest BCUT2D eigenvalue weighted by Crippen LogP contribution is 2.23.